The highest BCUT2D eigenvalue weighted by atomic mass is 32.2. The lowest BCUT2D eigenvalue weighted by Gasteiger charge is -2.09. The molecule has 0 saturated heterocycles. The molecule has 1 rings (SSSR count). The maximum absolute atomic E-state index is 11.9. The molecular weight excluding hydrogens is 240 g/mol. The van der Waals surface area contributed by atoms with E-state index in [9.17, 15) is 8.42 Å². The molecule has 0 radical (unpaired) electrons. The molecule has 0 aromatic heterocycles. The number of hydrogen-bond acceptors (Lipinski definition) is 4. The fourth-order valence-electron chi connectivity index (χ4n) is 1.41. The van der Waals surface area contributed by atoms with Crippen molar-refractivity contribution in [1.82, 2.24) is 0 Å². The van der Waals surface area contributed by atoms with Crippen LogP contribution in [0.3, 0.4) is 0 Å². The van der Waals surface area contributed by atoms with Gasteiger partial charge in [-0.25, -0.2) is 0 Å². The SMILES string of the molecule is CCCCCOS(=O)(=O)c1ccccc1OC. The quantitative estimate of drug-likeness (QED) is 0.557. The van der Waals surface area contributed by atoms with E-state index < -0.39 is 10.1 Å². The lowest BCUT2D eigenvalue weighted by Crippen LogP contribution is -2.09. The van der Waals surface area contributed by atoms with E-state index in [1.54, 1.807) is 18.2 Å². The Morgan fingerprint density at radius 3 is 2.53 bits per heavy atom. The first kappa shape index (κ1) is 14.0. The number of benzene rings is 1. The second-order valence-corrected chi connectivity index (χ2v) is 5.22. The van der Waals surface area contributed by atoms with Crippen molar-refractivity contribution < 1.29 is 17.3 Å². The van der Waals surface area contributed by atoms with Gasteiger partial charge in [-0.05, 0) is 18.6 Å². The Bertz CT molecular complexity index is 440. The highest BCUT2D eigenvalue weighted by molar-refractivity contribution is 7.86. The third-order valence-electron chi connectivity index (χ3n) is 2.32. The van der Waals surface area contributed by atoms with Crippen LogP contribution in [-0.2, 0) is 14.3 Å². The van der Waals surface area contributed by atoms with Crippen molar-refractivity contribution in [1.29, 1.82) is 0 Å². The van der Waals surface area contributed by atoms with Gasteiger partial charge in [-0.15, -0.1) is 0 Å². The molecule has 0 heterocycles. The Labute approximate surface area is 103 Å². The topological polar surface area (TPSA) is 52.6 Å². The first-order chi connectivity index (χ1) is 8.11. The molecule has 0 spiro atoms. The average molecular weight is 258 g/mol. The summed E-state index contributed by atoms with van der Waals surface area (Å²) in [5, 5.41) is 0. The normalized spacial score (nSPS) is 11.4. The Hall–Kier alpha value is -1.07. The molecule has 0 aliphatic rings. The molecule has 0 N–H and O–H groups in total. The van der Waals surface area contributed by atoms with Crippen molar-refractivity contribution in [3.8, 4) is 5.75 Å². The van der Waals surface area contributed by atoms with Crippen molar-refractivity contribution in [2.24, 2.45) is 0 Å². The van der Waals surface area contributed by atoms with Gasteiger partial charge >= 0.3 is 10.1 Å². The van der Waals surface area contributed by atoms with Gasteiger partial charge in [0.25, 0.3) is 0 Å². The predicted molar refractivity (Wildman–Crippen MR) is 65.7 cm³/mol. The third-order valence-corrected chi connectivity index (χ3v) is 3.68. The van der Waals surface area contributed by atoms with E-state index in [0.717, 1.165) is 19.3 Å². The molecule has 1 aromatic rings. The minimum absolute atomic E-state index is 0.0824. The van der Waals surface area contributed by atoms with Crippen molar-refractivity contribution in [3.63, 3.8) is 0 Å². The van der Waals surface area contributed by atoms with Crippen LogP contribution in [0, 0.1) is 0 Å². The largest absolute Gasteiger partial charge is 0.495 e. The molecular formula is C12H18O4S. The van der Waals surface area contributed by atoms with E-state index in [0.29, 0.717) is 5.75 Å². The Morgan fingerprint density at radius 2 is 1.88 bits per heavy atom. The van der Waals surface area contributed by atoms with Crippen molar-refractivity contribution >= 4 is 10.1 Å². The maximum atomic E-state index is 11.9. The molecule has 17 heavy (non-hydrogen) atoms. The zero-order chi connectivity index (χ0) is 12.7. The second kappa shape index (κ2) is 6.61. The summed E-state index contributed by atoms with van der Waals surface area (Å²) in [6, 6.07) is 6.44. The summed E-state index contributed by atoms with van der Waals surface area (Å²) in [4.78, 5) is 0.0824. The van der Waals surface area contributed by atoms with Crippen LogP contribution in [0.2, 0.25) is 0 Å². The second-order valence-electron chi connectivity index (χ2n) is 3.63. The highest BCUT2D eigenvalue weighted by Crippen LogP contribution is 2.24. The molecule has 0 fully saturated rings. The van der Waals surface area contributed by atoms with Crippen molar-refractivity contribution in [2.45, 2.75) is 31.1 Å². The molecule has 0 aliphatic heterocycles. The first-order valence-electron chi connectivity index (χ1n) is 5.64. The van der Waals surface area contributed by atoms with E-state index in [1.807, 2.05) is 0 Å². The third kappa shape index (κ3) is 4.02. The van der Waals surface area contributed by atoms with Crippen LogP contribution in [0.15, 0.2) is 29.2 Å². The van der Waals surface area contributed by atoms with Gasteiger partial charge in [-0.3, -0.25) is 4.18 Å². The van der Waals surface area contributed by atoms with Gasteiger partial charge in [-0.1, -0.05) is 31.9 Å². The molecule has 5 heteroatoms. The summed E-state index contributed by atoms with van der Waals surface area (Å²) >= 11 is 0. The summed E-state index contributed by atoms with van der Waals surface area (Å²) < 4.78 is 33.7. The van der Waals surface area contributed by atoms with Crippen LogP contribution in [0.25, 0.3) is 0 Å². The summed E-state index contributed by atoms with van der Waals surface area (Å²) in [6.07, 6.45) is 2.73. The van der Waals surface area contributed by atoms with Crippen LogP contribution in [-0.4, -0.2) is 22.1 Å². The molecule has 1 aromatic carbocycles. The van der Waals surface area contributed by atoms with Crippen LogP contribution in [0.1, 0.15) is 26.2 Å². The monoisotopic (exact) mass is 258 g/mol. The summed E-state index contributed by atoms with van der Waals surface area (Å²) in [5.41, 5.74) is 0. The average Bonchev–Trinajstić information content (AvgIpc) is 2.34. The van der Waals surface area contributed by atoms with Gasteiger partial charge in [0.2, 0.25) is 0 Å². The van der Waals surface area contributed by atoms with Crippen molar-refractivity contribution in [2.75, 3.05) is 13.7 Å². The Balaban J connectivity index is 2.75. The fourth-order valence-corrected chi connectivity index (χ4v) is 2.52. The summed E-state index contributed by atoms with van der Waals surface area (Å²) in [5.74, 6) is 0.308. The van der Waals surface area contributed by atoms with Gasteiger partial charge in [-0.2, -0.15) is 8.42 Å². The molecule has 4 nitrogen and oxygen atoms in total. The van der Waals surface area contributed by atoms with Gasteiger partial charge in [0.05, 0.1) is 13.7 Å². The lowest BCUT2D eigenvalue weighted by atomic mass is 10.3. The minimum atomic E-state index is -3.71. The summed E-state index contributed by atoms with van der Waals surface area (Å²) in [7, 11) is -2.27. The number of para-hydroxylation sites is 1. The van der Waals surface area contributed by atoms with E-state index in [-0.39, 0.29) is 11.5 Å². The van der Waals surface area contributed by atoms with Crippen molar-refractivity contribution in [3.05, 3.63) is 24.3 Å². The van der Waals surface area contributed by atoms with E-state index in [4.69, 9.17) is 8.92 Å². The van der Waals surface area contributed by atoms with Crippen LogP contribution < -0.4 is 4.74 Å². The van der Waals surface area contributed by atoms with E-state index in [2.05, 4.69) is 6.92 Å². The summed E-state index contributed by atoms with van der Waals surface area (Å²) in [6.45, 7) is 2.27. The molecule has 0 amide bonds. The number of unbranched alkanes of at least 4 members (excludes halogenated alkanes) is 2. The van der Waals surface area contributed by atoms with Crippen LogP contribution in [0.5, 0.6) is 5.75 Å². The molecule has 0 aliphatic carbocycles. The van der Waals surface area contributed by atoms with Gasteiger partial charge in [0.1, 0.15) is 10.6 Å². The number of hydrogen-bond donors (Lipinski definition) is 0. The predicted octanol–water partition coefficient (Wildman–Crippen LogP) is 2.59. The standard InChI is InChI=1S/C12H18O4S/c1-3-4-7-10-16-17(13,14)12-9-6-5-8-11(12)15-2/h5-6,8-9H,3-4,7,10H2,1-2H3. The molecule has 0 saturated carbocycles. The van der Waals surface area contributed by atoms with Gasteiger partial charge in [0, 0.05) is 0 Å². The Kier molecular flexibility index (Phi) is 5.44. The molecule has 0 bridgehead atoms. The fraction of sp³-hybridized carbons (Fsp3) is 0.500. The van der Waals surface area contributed by atoms with E-state index in [1.165, 1.54) is 13.2 Å². The number of methoxy groups -OCH3 is 1. The maximum Gasteiger partial charge on any atom is 0.300 e. The minimum Gasteiger partial charge on any atom is -0.495 e. The molecule has 0 unspecified atom stereocenters. The zero-order valence-corrected chi connectivity index (χ0v) is 11.0. The zero-order valence-electron chi connectivity index (χ0n) is 10.2. The number of ether oxygens (including phenoxy) is 1. The lowest BCUT2D eigenvalue weighted by molar-refractivity contribution is 0.305. The Morgan fingerprint density at radius 1 is 1.18 bits per heavy atom. The smallest absolute Gasteiger partial charge is 0.300 e. The molecule has 0 atom stereocenters. The van der Waals surface area contributed by atoms with Crippen LogP contribution in [0.4, 0.5) is 0 Å². The van der Waals surface area contributed by atoms with Gasteiger partial charge in [0.15, 0.2) is 0 Å². The first-order valence-corrected chi connectivity index (χ1v) is 7.05. The van der Waals surface area contributed by atoms with Crippen LogP contribution >= 0.6 is 0 Å². The highest BCUT2D eigenvalue weighted by Gasteiger charge is 2.19. The van der Waals surface area contributed by atoms with Gasteiger partial charge < -0.3 is 4.74 Å². The number of rotatable bonds is 7. The molecule has 96 valence electrons. The van der Waals surface area contributed by atoms with E-state index >= 15 is 0 Å².